The SMILES string of the molecule is CC(c1ccccc1)N1CCC(C)(C#N)CC1. The summed E-state index contributed by atoms with van der Waals surface area (Å²) in [5.41, 5.74) is 1.26. The summed E-state index contributed by atoms with van der Waals surface area (Å²) in [6, 6.07) is 13.5. The summed E-state index contributed by atoms with van der Waals surface area (Å²) < 4.78 is 0. The van der Waals surface area contributed by atoms with Crippen LogP contribution >= 0.6 is 0 Å². The lowest BCUT2D eigenvalue weighted by Crippen LogP contribution is -2.39. The minimum absolute atomic E-state index is 0.104. The van der Waals surface area contributed by atoms with E-state index in [0.29, 0.717) is 6.04 Å². The highest BCUT2D eigenvalue weighted by Crippen LogP contribution is 2.33. The molecule has 0 N–H and O–H groups in total. The Hall–Kier alpha value is -1.33. The highest BCUT2D eigenvalue weighted by Gasteiger charge is 2.31. The lowest BCUT2D eigenvalue weighted by atomic mass is 9.81. The van der Waals surface area contributed by atoms with Crippen LogP contribution in [0.1, 0.15) is 38.3 Å². The van der Waals surface area contributed by atoms with E-state index in [4.69, 9.17) is 5.26 Å². The number of hydrogen-bond donors (Lipinski definition) is 0. The zero-order chi connectivity index (χ0) is 12.3. The Kier molecular flexibility index (Phi) is 3.49. The maximum absolute atomic E-state index is 9.12. The maximum atomic E-state index is 9.12. The molecule has 0 saturated carbocycles. The van der Waals surface area contributed by atoms with Crippen molar-refractivity contribution in [3.63, 3.8) is 0 Å². The van der Waals surface area contributed by atoms with Gasteiger partial charge in [0, 0.05) is 19.1 Å². The van der Waals surface area contributed by atoms with Gasteiger partial charge in [0.05, 0.1) is 11.5 Å². The molecular formula is C15H20N2. The van der Waals surface area contributed by atoms with Crippen LogP contribution in [0.25, 0.3) is 0 Å². The fourth-order valence-corrected chi connectivity index (χ4v) is 2.46. The molecule has 2 nitrogen and oxygen atoms in total. The van der Waals surface area contributed by atoms with Gasteiger partial charge in [-0.3, -0.25) is 4.90 Å². The lowest BCUT2D eigenvalue weighted by Gasteiger charge is -2.38. The third-order valence-electron chi connectivity index (χ3n) is 4.00. The Balaban J connectivity index is 2.00. The number of piperidine rings is 1. The molecule has 0 aliphatic carbocycles. The van der Waals surface area contributed by atoms with E-state index in [2.05, 4.69) is 55.1 Å². The fourth-order valence-electron chi connectivity index (χ4n) is 2.46. The second kappa shape index (κ2) is 4.89. The van der Waals surface area contributed by atoms with Crippen molar-refractivity contribution in [3.05, 3.63) is 35.9 Å². The predicted molar refractivity (Wildman–Crippen MR) is 69.4 cm³/mol. The molecule has 1 aromatic carbocycles. The van der Waals surface area contributed by atoms with E-state index in [1.807, 2.05) is 0 Å². The van der Waals surface area contributed by atoms with Crippen LogP contribution in [0.15, 0.2) is 30.3 Å². The van der Waals surface area contributed by atoms with Gasteiger partial charge < -0.3 is 0 Å². The summed E-state index contributed by atoms with van der Waals surface area (Å²) in [7, 11) is 0. The standard InChI is InChI=1S/C15H20N2/c1-13(14-6-4-3-5-7-14)17-10-8-15(2,12-16)9-11-17/h3-7,13H,8-11H2,1-2H3. The first kappa shape index (κ1) is 12.1. The second-order valence-electron chi connectivity index (χ2n) is 5.30. The first-order valence-electron chi connectivity index (χ1n) is 6.35. The number of nitrogens with zero attached hydrogens (tertiary/aromatic N) is 2. The third kappa shape index (κ3) is 2.68. The van der Waals surface area contributed by atoms with Crippen LogP contribution in [0.3, 0.4) is 0 Å². The van der Waals surface area contributed by atoms with Gasteiger partial charge in [-0.15, -0.1) is 0 Å². The number of nitriles is 1. The number of likely N-dealkylation sites (tertiary alicyclic amines) is 1. The second-order valence-corrected chi connectivity index (χ2v) is 5.30. The maximum Gasteiger partial charge on any atom is 0.0687 e. The first-order valence-corrected chi connectivity index (χ1v) is 6.35. The molecule has 2 rings (SSSR count). The zero-order valence-corrected chi connectivity index (χ0v) is 10.7. The molecule has 0 bridgehead atoms. The normalized spacial score (nSPS) is 21.7. The number of rotatable bonds is 2. The average Bonchev–Trinajstić information content (AvgIpc) is 2.40. The van der Waals surface area contributed by atoms with Crippen molar-refractivity contribution in [2.45, 2.75) is 32.7 Å². The van der Waals surface area contributed by atoms with E-state index in [1.54, 1.807) is 0 Å². The summed E-state index contributed by atoms with van der Waals surface area (Å²) in [5, 5.41) is 9.12. The molecule has 1 fully saturated rings. The van der Waals surface area contributed by atoms with Gasteiger partial charge in [0.15, 0.2) is 0 Å². The minimum Gasteiger partial charge on any atom is -0.297 e. The molecule has 1 unspecified atom stereocenters. The molecule has 1 atom stereocenters. The Morgan fingerprint density at radius 3 is 2.35 bits per heavy atom. The van der Waals surface area contributed by atoms with Crippen molar-refractivity contribution in [2.24, 2.45) is 5.41 Å². The summed E-state index contributed by atoms with van der Waals surface area (Å²) in [5.74, 6) is 0. The summed E-state index contributed by atoms with van der Waals surface area (Å²) in [6.45, 7) is 6.39. The van der Waals surface area contributed by atoms with Gasteiger partial charge in [-0.05, 0) is 32.3 Å². The summed E-state index contributed by atoms with van der Waals surface area (Å²) in [4.78, 5) is 2.48. The van der Waals surface area contributed by atoms with Crippen LogP contribution in [0.5, 0.6) is 0 Å². The van der Waals surface area contributed by atoms with Gasteiger partial charge >= 0.3 is 0 Å². The van der Waals surface area contributed by atoms with Crippen molar-refractivity contribution >= 4 is 0 Å². The van der Waals surface area contributed by atoms with Crippen LogP contribution in [0.2, 0.25) is 0 Å². The van der Waals surface area contributed by atoms with Crippen molar-refractivity contribution in [3.8, 4) is 6.07 Å². The zero-order valence-electron chi connectivity index (χ0n) is 10.7. The smallest absolute Gasteiger partial charge is 0.0687 e. The Bertz CT molecular complexity index is 397. The van der Waals surface area contributed by atoms with Crippen molar-refractivity contribution < 1.29 is 0 Å². The van der Waals surface area contributed by atoms with Crippen LogP contribution in [-0.4, -0.2) is 18.0 Å². The summed E-state index contributed by atoms with van der Waals surface area (Å²) >= 11 is 0. The molecule has 0 aromatic heterocycles. The van der Waals surface area contributed by atoms with E-state index in [9.17, 15) is 0 Å². The third-order valence-corrected chi connectivity index (χ3v) is 4.00. The average molecular weight is 228 g/mol. The Morgan fingerprint density at radius 1 is 1.24 bits per heavy atom. The number of benzene rings is 1. The molecule has 1 saturated heterocycles. The van der Waals surface area contributed by atoms with Crippen LogP contribution in [0, 0.1) is 16.7 Å². The topological polar surface area (TPSA) is 27.0 Å². The van der Waals surface area contributed by atoms with Crippen molar-refractivity contribution in [1.29, 1.82) is 5.26 Å². The lowest BCUT2D eigenvalue weighted by molar-refractivity contribution is 0.119. The van der Waals surface area contributed by atoms with Gasteiger partial charge in [0.1, 0.15) is 0 Å². The predicted octanol–water partition coefficient (Wildman–Crippen LogP) is 3.37. The van der Waals surface area contributed by atoms with E-state index < -0.39 is 0 Å². The number of hydrogen-bond acceptors (Lipinski definition) is 2. The van der Waals surface area contributed by atoms with Crippen molar-refractivity contribution in [2.75, 3.05) is 13.1 Å². The van der Waals surface area contributed by atoms with Gasteiger partial charge in [0.25, 0.3) is 0 Å². The molecule has 90 valence electrons. The molecule has 17 heavy (non-hydrogen) atoms. The monoisotopic (exact) mass is 228 g/mol. The molecule has 0 radical (unpaired) electrons. The highest BCUT2D eigenvalue weighted by atomic mass is 15.2. The van der Waals surface area contributed by atoms with E-state index >= 15 is 0 Å². The molecule has 1 aliphatic heterocycles. The largest absolute Gasteiger partial charge is 0.297 e. The molecule has 1 heterocycles. The van der Waals surface area contributed by atoms with Crippen molar-refractivity contribution in [1.82, 2.24) is 4.90 Å². The van der Waals surface area contributed by atoms with Gasteiger partial charge in [-0.1, -0.05) is 30.3 Å². The molecule has 0 amide bonds. The van der Waals surface area contributed by atoms with Gasteiger partial charge in [0.2, 0.25) is 0 Å². The Morgan fingerprint density at radius 2 is 1.82 bits per heavy atom. The molecular weight excluding hydrogens is 208 g/mol. The molecule has 0 spiro atoms. The fraction of sp³-hybridized carbons (Fsp3) is 0.533. The molecule has 1 aliphatic rings. The molecule has 2 heteroatoms. The minimum atomic E-state index is -0.104. The van der Waals surface area contributed by atoms with E-state index in [0.717, 1.165) is 25.9 Å². The Labute approximate surface area is 104 Å². The van der Waals surface area contributed by atoms with E-state index in [1.165, 1.54) is 5.56 Å². The van der Waals surface area contributed by atoms with Crippen LogP contribution in [0.4, 0.5) is 0 Å². The van der Waals surface area contributed by atoms with Gasteiger partial charge in [-0.2, -0.15) is 5.26 Å². The quantitative estimate of drug-likeness (QED) is 0.776. The summed E-state index contributed by atoms with van der Waals surface area (Å²) in [6.07, 6.45) is 1.97. The van der Waals surface area contributed by atoms with Gasteiger partial charge in [-0.25, -0.2) is 0 Å². The first-order chi connectivity index (χ1) is 8.14. The molecule has 1 aromatic rings. The highest BCUT2D eigenvalue weighted by molar-refractivity contribution is 5.18. The van der Waals surface area contributed by atoms with Crippen LogP contribution in [-0.2, 0) is 0 Å². The van der Waals surface area contributed by atoms with E-state index in [-0.39, 0.29) is 5.41 Å². The van der Waals surface area contributed by atoms with Crippen LogP contribution < -0.4 is 0 Å².